The van der Waals surface area contributed by atoms with Crippen LogP contribution in [0.5, 0.6) is 0 Å². The summed E-state index contributed by atoms with van der Waals surface area (Å²) in [5.41, 5.74) is -3.97. The van der Waals surface area contributed by atoms with Crippen molar-refractivity contribution in [1.29, 1.82) is 0 Å². The normalized spacial score (nSPS) is 30.4. The van der Waals surface area contributed by atoms with Gasteiger partial charge in [-0.2, -0.15) is 0 Å². The lowest BCUT2D eigenvalue weighted by atomic mass is 9.59. The first-order valence-corrected chi connectivity index (χ1v) is 9.06. The van der Waals surface area contributed by atoms with Gasteiger partial charge in [-0.3, -0.25) is 9.59 Å². The third-order valence-corrected chi connectivity index (χ3v) is 5.33. The second kappa shape index (κ2) is 8.59. The second-order valence-corrected chi connectivity index (χ2v) is 8.55. The van der Waals surface area contributed by atoms with Crippen LogP contribution in [-0.2, 0) is 19.1 Å². The Morgan fingerprint density at radius 1 is 1.25 bits per heavy atom. The summed E-state index contributed by atoms with van der Waals surface area (Å²) in [6.45, 7) is 6.44. The molecular formula is C19H30O9. The van der Waals surface area contributed by atoms with Gasteiger partial charge in [0.25, 0.3) is 0 Å². The van der Waals surface area contributed by atoms with Crippen LogP contribution in [-0.4, -0.2) is 66.9 Å². The Balaban J connectivity index is 2.84. The molecule has 1 fully saturated rings. The van der Waals surface area contributed by atoms with Crippen LogP contribution in [0.1, 0.15) is 53.4 Å². The van der Waals surface area contributed by atoms with Gasteiger partial charge in [-0.15, -0.1) is 0 Å². The highest BCUT2D eigenvalue weighted by Crippen LogP contribution is 2.49. The molecule has 160 valence electrons. The Hall–Kier alpha value is -1.97. The molecule has 5 atom stereocenters. The molecule has 0 spiro atoms. The van der Waals surface area contributed by atoms with Crippen LogP contribution in [0.3, 0.4) is 0 Å². The van der Waals surface area contributed by atoms with Gasteiger partial charge in [0.05, 0.1) is 24.0 Å². The van der Waals surface area contributed by atoms with Crippen LogP contribution in [0.25, 0.3) is 0 Å². The van der Waals surface area contributed by atoms with Crippen molar-refractivity contribution in [1.82, 2.24) is 0 Å². The smallest absolute Gasteiger partial charge is 0.336 e. The third-order valence-electron chi connectivity index (χ3n) is 5.33. The fourth-order valence-electron chi connectivity index (χ4n) is 3.78. The Kier molecular flexibility index (Phi) is 7.38. The highest BCUT2D eigenvalue weighted by molar-refractivity contribution is 5.74. The largest absolute Gasteiger partial charge is 0.481 e. The van der Waals surface area contributed by atoms with Crippen LogP contribution in [0.15, 0.2) is 12.2 Å². The number of aliphatic carboxylic acids is 2. The van der Waals surface area contributed by atoms with E-state index in [1.165, 1.54) is 13.0 Å². The van der Waals surface area contributed by atoms with Crippen LogP contribution in [0.2, 0.25) is 0 Å². The number of carboxylic acid groups (broad SMARTS) is 2. The van der Waals surface area contributed by atoms with Crippen LogP contribution in [0, 0.1) is 11.3 Å². The molecule has 28 heavy (non-hydrogen) atoms. The minimum absolute atomic E-state index is 0.258. The molecule has 1 saturated carbocycles. The molecular weight excluding hydrogens is 372 g/mol. The molecule has 0 heterocycles. The van der Waals surface area contributed by atoms with Gasteiger partial charge in [0.2, 0.25) is 0 Å². The topological polar surface area (TPSA) is 162 Å². The number of rotatable bonds is 8. The summed E-state index contributed by atoms with van der Waals surface area (Å²) in [5, 5.41) is 48.1. The lowest BCUT2D eigenvalue weighted by molar-refractivity contribution is -0.172. The van der Waals surface area contributed by atoms with E-state index in [9.17, 15) is 29.7 Å². The molecule has 0 unspecified atom stereocenters. The first kappa shape index (κ1) is 24.1. The van der Waals surface area contributed by atoms with Crippen molar-refractivity contribution in [3.8, 4) is 0 Å². The quantitative estimate of drug-likeness (QED) is 0.291. The molecule has 0 aliphatic heterocycles. The SMILES string of the molecule is C[C@@H]1C[C@H](OC(=O)C[C@](C)(O)CC(=O)O)CC(C)(C)[C@@]1(O)/C=C/[C@@H](O)C(=O)O. The summed E-state index contributed by atoms with van der Waals surface area (Å²) in [4.78, 5) is 33.6. The number of ether oxygens (including phenoxy) is 1. The van der Waals surface area contributed by atoms with Crippen molar-refractivity contribution < 1.29 is 44.7 Å². The number of hydrogen-bond acceptors (Lipinski definition) is 7. The Bertz CT molecular complexity index is 637. The summed E-state index contributed by atoms with van der Waals surface area (Å²) in [5.74, 6) is -3.82. The molecule has 0 amide bonds. The first-order chi connectivity index (χ1) is 12.6. The van der Waals surface area contributed by atoms with Gasteiger partial charge in [0, 0.05) is 5.41 Å². The molecule has 1 aliphatic carbocycles. The zero-order valence-electron chi connectivity index (χ0n) is 16.6. The van der Waals surface area contributed by atoms with E-state index in [1.54, 1.807) is 20.8 Å². The Morgan fingerprint density at radius 2 is 1.82 bits per heavy atom. The minimum Gasteiger partial charge on any atom is -0.481 e. The van der Waals surface area contributed by atoms with Gasteiger partial charge in [0.1, 0.15) is 6.10 Å². The number of carbonyl (C=O) groups is 3. The lowest BCUT2D eigenvalue weighted by Gasteiger charge is -2.51. The van der Waals surface area contributed by atoms with E-state index in [0.717, 1.165) is 6.08 Å². The number of carboxylic acids is 2. The van der Waals surface area contributed by atoms with Crippen LogP contribution >= 0.6 is 0 Å². The van der Waals surface area contributed by atoms with E-state index in [-0.39, 0.29) is 12.8 Å². The predicted octanol–water partition coefficient (Wildman–Crippen LogP) is 0.703. The Morgan fingerprint density at radius 3 is 2.29 bits per heavy atom. The summed E-state index contributed by atoms with van der Waals surface area (Å²) >= 11 is 0. The zero-order valence-corrected chi connectivity index (χ0v) is 16.6. The second-order valence-electron chi connectivity index (χ2n) is 8.55. The maximum atomic E-state index is 12.1. The maximum absolute atomic E-state index is 12.1. The number of carbonyl (C=O) groups excluding carboxylic acids is 1. The van der Waals surface area contributed by atoms with Gasteiger partial charge < -0.3 is 30.3 Å². The average Bonchev–Trinajstić information content (AvgIpc) is 2.47. The molecule has 5 N–H and O–H groups in total. The fourth-order valence-corrected chi connectivity index (χ4v) is 3.78. The van der Waals surface area contributed by atoms with Crippen molar-refractivity contribution in [2.75, 3.05) is 0 Å². The molecule has 0 radical (unpaired) electrons. The van der Waals surface area contributed by atoms with Crippen molar-refractivity contribution in [2.45, 2.75) is 76.8 Å². The van der Waals surface area contributed by atoms with Crippen molar-refractivity contribution >= 4 is 17.9 Å². The molecule has 0 bridgehead atoms. The predicted molar refractivity (Wildman–Crippen MR) is 97.3 cm³/mol. The lowest BCUT2D eigenvalue weighted by Crippen LogP contribution is -2.55. The summed E-state index contributed by atoms with van der Waals surface area (Å²) in [7, 11) is 0. The first-order valence-electron chi connectivity index (χ1n) is 9.06. The van der Waals surface area contributed by atoms with Crippen LogP contribution in [0.4, 0.5) is 0 Å². The molecule has 0 aromatic carbocycles. The van der Waals surface area contributed by atoms with E-state index >= 15 is 0 Å². The van der Waals surface area contributed by atoms with Gasteiger partial charge in [-0.05, 0) is 31.8 Å². The number of esters is 1. The van der Waals surface area contributed by atoms with Crippen molar-refractivity contribution in [3.05, 3.63) is 12.2 Å². The molecule has 0 aromatic heterocycles. The van der Waals surface area contributed by atoms with Crippen molar-refractivity contribution in [3.63, 3.8) is 0 Å². The summed E-state index contributed by atoms with van der Waals surface area (Å²) in [6.07, 6.45) is -0.517. The standard InChI is InChI=1S/C19H30O9/c1-11-7-12(28-15(23)10-18(4,26)9-14(21)22)8-17(2,3)19(11,27)6-5-13(20)16(24)25/h5-6,11-13,20,26-27H,7-10H2,1-4H3,(H,21,22)(H,24,25)/b6-5+/t11-,12+,13-,18-,19-/m1/s1. The minimum atomic E-state index is -1.74. The molecule has 0 aromatic rings. The fraction of sp³-hybridized carbons (Fsp3) is 0.737. The monoisotopic (exact) mass is 402 g/mol. The average molecular weight is 402 g/mol. The summed E-state index contributed by atoms with van der Waals surface area (Å²) < 4.78 is 5.40. The molecule has 9 heteroatoms. The molecule has 9 nitrogen and oxygen atoms in total. The van der Waals surface area contributed by atoms with E-state index in [4.69, 9.17) is 14.9 Å². The number of aliphatic hydroxyl groups is 3. The molecule has 1 rings (SSSR count). The van der Waals surface area contributed by atoms with Gasteiger partial charge in [-0.1, -0.05) is 26.8 Å². The summed E-state index contributed by atoms with van der Waals surface area (Å²) in [6, 6.07) is 0. The van der Waals surface area contributed by atoms with E-state index in [1.807, 2.05) is 0 Å². The molecule has 1 aliphatic rings. The van der Waals surface area contributed by atoms with Crippen LogP contribution < -0.4 is 0 Å². The van der Waals surface area contributed by atoms with Crippen molar-refractivity contribution in [2.24, 2.45) is 11.3 Å². The highest BCUT2D eigenvalue weighted by atomic mass is 16.5. The maximum Gasteiger partial charge on any atom is 0.336 e. The van der Waals surface area contributed by atoms with Gasteiger partial charge in [0.15, 0.2) is 6.10 Å². The Labute approximate surface area is 163 Å². The van der Waals surface area contributed by atoms with E-state index in [0.29, 0.717) is 0 Å². The molecule has 0 saturated heterocycles. The number of hydrogen-bond donors (Lipinski definition) is 5. The van der Waals surface area contributed by atoms with Gasteiger partial charge >= 0.3 is 17.9 Å². The third kappa shape index (κ3) is 6.02. The van der Waals surface area contributed by atoms with E-state index in [2.05, 4.69) is 0 Å². The number of aliphatic hydroxyl groups excluding tert-OH is 1. The van der Waals surface area contributed by atoms with E-state index < -0.39 is 65.5 Å². The zero-order chi connectivity index (χ0) is 21.9. The highest BCUT2D eigenvalue weighted by Gasteiger charge is 2.52. The van der Waals surface area contributed by atoms with Gasteiger partial charge in [-0.25, -0.2) is 4.79 Å².